The number of nitrogens with one attached hydrogen (secondary N) is 2. The fourth-order valence-electron chi connectivity index (χ4n) is 2.59. The van der Waals surface area contributed by atoms with Crippen molar-refractivity contribution in [2.75, 3.05) is 31.1 Å². The molecular weight excluding hydrogens is 306 g/mol. The topological polar surface area (TPSA) is 56.8 Å². The Hall–Kier alpha value is -1.63. The molecule has 5 nitrogen and oxygen atoms in total. The van der Waals surface area contributed by atoms with Crippen LogP contribution in [0.4, 0.5) is 5.00 Å². The van der Waals surface area contributed by atoms with Crippen molar-refractivity contribution < 1.29 is 0 Å². The number of hydrogen-bond acceptors (Lipinski definition) is 5. The van der Waals surface area contributed by atoms with E-state index in [1.54, 1.807) is 0 Å². The summed E-state index contributed by atoms with van der Waals surface area (Å²) in [6, 6.07) is 7.99. The lowest BCUT2D eigenvalue weighted by atomic mass is 10.3. The Labute approximate surface area is 131 Å². The van der Waals surface area contributed by atoms with Crippen LogP contribution in [-0.2, 0) is 0 Å². The maximum absolute atomic E-state index is 6.16. The molecule has 0 saturated carbocycles. The third-order valence-electron chi connectivity index (χ3n) is 3.60. The zero-order valence-electron chi connectivity index (χ0n) is 11.3. The summed E-state index contributed by atoms with van der Waals surface area (Å²) in [7, 11) is 0. The fourth-order valence-corrected chi connectivity index (χ4v) is 3.74. The molecule has 0 spiro atoms. The van der Waals surface area contributed by atoms with Crippen LogP contribution in [0, 0.1) is 0 Å². The second-order valence-electron chi connectivity index (χ2n) is 4.96. The second kappa shape index (κ2) is 5.29. The van der Waals surface area contributed by atoms with E-state index in [0.717, 1.165) is 53.7 Å². The van der Waals surface area contributed by atoms with Gasteiger partial charge in [0.25, 0.3) is 0 Å². The Morgan fingerprint density at radius 1 is 1.14 bits per heavy atom. The highest BCUT2D eigenvalue weighted by molar-refractivity contribution is 7.20. The third-order valence-corrected chi connectivity index (χ3v) is 4.82. The van der Waals surface area contributed by atoms with Crippen molar-refractivity contribution in [2.24, 2.45) is 0 Å². The van der Waals surface area contributed by atoms with Gasteiger partial charge in [0.05, 0.1) is 11.0 Å². The van der Waals surface area contributed by atoms with Crippen molar-refractivity contribution in [3.8, 4) is 11.5 Å². The number of thiazole rings is 1. The summed E-state index contributed by atoms with van der Waals surface area (Å²) in [6.45, 7) is 3.89. The Balaban J connectivity index is 1.80. The molecule has 0 atom stereocenters. The first-order valence-corrected chi connectivity index (χ1v) is 8.08. The van der Waals surface area contributed by atoms with Crippen molar-refractivity contribution in [1.29, 1.82) is 0 Å². The number of halogens is 1. The van der Waals surface area contributed by atoms with E-state index < -0.39 is 0 Å². The van der Waals surface area contributed by atoms with Gasteiger partial charge in [-0.25, -0.2) is 9.97 Å². The number of nitrogens with zero attached hydrogens (tertiary/aromatic N) is 3. The highest BCUT2D eigenvalue weighted by Gasteiger charge is 2.21. The number of piperazine rings is 1. The van der Waals surface area contributed by atoms with Gasteiger partial charge in [-0.15, -0.1) is 0 Å². The van der Waals surface area contributed by atoms with Crippen molar-refractivity contribution in [2.45, 2.75) is 0 Å². The Morgan fingerprint density at radius 3 is 2.76 bits per heavy atom. The van der Waals surface area contributed by atoms with Crippen LogP contribution in [0.3, 0.4) is 0 Å². The van der Waals surface area contributed by atoms with Gasteiger partial charge in [0, 0.05) is 26.2 Å². The van der Waals surface area contributed by atoms with Crippen molar-refractivity contribution >= 4 is 39.0 Å². The monoisotopic (exact) mass is 319 g/mol. The molecule has 3 aromatic rings. The van der Waals surface area contributed by atoms with Gasteiger partial charge in [0.15, 0.2) is 10.3 Å². The molecule has 7 heteroatoms. The van der Waals surface area contributed by atoms with E-state index in [9.17, 15) is 0 Å². The van der Waals surface area contributed by atoms with Crippen LogP contribution in [-0.4, -0.2) is 41.1 Å². The van der Waals surface area contributed by atoms with Crippen LogP contribution in [0.2, 0.25) is 4.47 Å². The summed E-state index contributed by atoms with van der Waals surface area (Å²) in [5.74, 6) is 0.785. The minimum absolute atomic E-state index is 0.555. The van der Waals surface area contributed by atoms with E-state index in [2.05, 4.69) is 25.2 Å². The molecule has 1 aliphatic heterocycles. The van der Waals surface area contributed by atoms with Gasteiger partial charge < -0.3 is 15.2 Å². The smallest absolute Gasteiger partial charge is 0.186 e. The van der Waals surface area contributed by atoms with E-state index in [4.69, 9.17) is 11.6 Å². The SMILES string of the molecule is Clc1nc(-c2nc3ccccc3[nH]2)c(N2CCNCC2)s1. The molecule has 2 aromatic heterocycles. The lowest BCUT2D eigenvalue weighted by Crippen LogP contribution is -2.43. The van der Waals surface area contributed by atoms with Crippen molar-refractivity contribution in [3.05, 3.63) is 28.7 Å². The molecule has 1 aliphatic rings. The molecular formula is C14H14ClN5S. The van der Waals surface area contributed by atoms with Gasteiger partial charge in [0.1, 0.15) is 10.7 Å². The summed E-state index contributed by atoms with van der Waals surface area (Å²) in [5.41, 5.74) is 2.81. The zero-order chi connectivity index (χ0) is 14.2. The van der Waals surface area contributed by atoms with Crippen LogP contribution >= 0.6 is 22.9 Å². The highest BCUT2D eigenvalue weighted by atomic mass is 35.5. The molecule has 0 radical (unpaired) electrons. The molecule has 1 fully saturated rings. The van der Waals surface area contributed by atoms with Crippen molar-refractivity contribution in [1.82, 2.24) is 20.3 Å². The standard InChI is InChI=1S/C14H14ClN5S/c15-14-19-11(13(21-14)20-7-5-16-6-8-20)12-17-9-3-1-2-4-10(9)18-12/h1-4,16H,5-8H2,(H,17,18). The number of imidazole rings is 1. The summed E-state index contributed by atoms with van der Waals surface area (Å²) in [4.78, 5) is 14.8. The van der Waals surface area contributed by atoms with Gasteiger partial charge >= 0.3 is 0 Å². The van der Waals surface area contributed by atoms with E-state index in [1.165, 1.54) is 11.3 Å². The number of benzene rings is 1. The lowest BCUT2D eigenvalue weighted by Gasteiger charge is -2.28. The van der Waals surface area contributed by atoms with Crippen LogP contribution in [0.5, 0.6) is 0 Å². The number of hydrogen-bond donors (Lipinski definition) is 2. The molecule has 3 heterocycles. The van der Waals surface area contributed by atoms with E-state index in [-0.39, 0.29) is 0 Å². The van der Waals surface area contributed by atoms with Gasteiger partial charge in [-0.05, 0) is 12.1 Å². The largest absolute Gasteiger partial charge is 0.359 e. The molecule has 0 unspecified atom stereocenters. The van der Waals surface area contributed by atoms with Crippen LogP contribution in [0.1, 0.15) is 0 Å². The summed E-state index contributed by atoms with van der Waals surface area (Å²) >= 11 is 7.67. The molecule has 0 aliphatic carbocycles. The Bertz CT molecular complexity index is 742. The van der Waals surface area contributed by atoms with E-state index in [0.29, 0.717) is 4.47 Å². The van der Waals surface area contributed by atoms with Gasteiger partial charge in [0.2, 0.25) is 0 Å². The quantitative estimate of drug-likeness (QED) is 0.762. The number of aromatic nitrogens is 3. The molecule has 0 amide bonds. The highest BCUT2D eigenvalue weighted by Crippen LogP contribution is 2.37. The minimum atomic E-state index is 0.555. The molecule has 1 saturated heterocycles. The van der Waals surface area contributed by atoms with Crippen LogP contribution in [0.25, 0.3) is 22.6 Å². The molecule has 21 heavy (non-hydrogen) atoms. The van der Waals surface area contributed by atoms with Gasteiger partial charge in [-0.3, -0.25) is 0 Å². The zero-order valence-corrected chi connectivity index (χ0v) is 12.8. The number of anilines is 1. The fraction of sp³-hybridized carbons (Fsp3) is 0.286. The average molecular weight is 320 g/mol. The number of fused-ring (bicyclic) bond motifs is 1. The molecule has 0 bridgehead atoms. The minimum Gasteiger partial charge on any atom is -0.359 e. The molecule has 4 rings (SSSR count). The number of aromatic amines is 1. The second-order valence-corrected chi connectivity index (χ2v) is 6.52. The Morgan fingerprint density at radius 2 is 1.95 bits per heavy atom. The van der Waals surface area contributed by atoms with Gasteiger partial charge in [-0.1, -0.05) is 35.1 Å². The van der Waals surface area contributed by atoms with Crippen LogP contribution < -0.4 is 10.2 Å². The predicted octanol–water partition coefficient (Wildman–Crippen LogP) is 2.75. The average Bonchev–Trinajstić information content (AvgIpc) is 3.11. The predicted molar refractivity (Wildman–Crippen MR) is 87.3 cm³/mol. The maximum Gasteiger partial charge on any atom is 0.186 e. The molecule has 108 valence electrons. The maximum atomic E-state index is 6.16. The molecule has 1 aromatic carbocycles. The first-order valence-electron chi connectivity index (χ1n) is 6.88. The van der Waals surface area contributed by atoms with Crippen molar-refractivity contribution in [3.63, 3.8) is 0 Å². The van der Waals surface area contributed by atoms with E-state index >= 15 is 0 Å². The summed E-state index contributed by atoms with van der Waals surface area (Å²) in [6.07, 6.45) is 0. The van der Waals surface area contributed by atoms with E-state index in [1.807, 2.05) is 24.3 Å². The van der Waals surface area contributed by atoms with Gasteiger partial charge in [-0.2, -0.15) is 0 Å². The lowest BCUT2D eigenvalue weighted by molar-refractivity contribution is 0.592. The number of H-pyrrole nitrogens is 1. The number of para-hydroxylation sites is 2. The number of rotatable bonds is 2. The first kappa shape index (κ1) is 13.1. The normalized spacial score (nSPS) is 15.8. The summed E-state index contributed by atoms with van der Waals surface area (Å²) in [5, 5.41) is 4.46. The Kier molecular flexibility index (Phi) is 3.29. The summed E-state index contributed by atoms with van der Waals surface area (Å²) < 4.78 is 0.555. The molecule has 2 N–H and O–H groups in total. The third kappa shape index (κ3) is 2.39. The van der Waals surface area contributed by atoms with Crippen LogP contribution in [0.15, 0.2) is 24.3 Å². The first-order chi connectivity index (χ1) is 10.3.